The van der Waals surface area contributed by atoms with E-state index in [-0.39, 0.29) is 5.91 Å². The summed E-state index contributed by atoms with van der Waals surface area (Å²) < 4.78 is 5.53. The summed E-state index contributed by atoms with van der Waals surface area (Å²) in [4.78, 5) is 12.1. The SMILES string of the molecule is CC(Oc1cccc(N)c1)C(=O)Nc1cc(Cl)ccc1Cl. The number of benzene rings is 2. The van der Waals surface area contributed by atoms with Gasteiger partial charge in [0, 0.05) is 16.8 Å². The quantitative estimate of drug-likeness (QED) is 0.836. The molecule has 0 saturated heterocycles. The first-order valence-electron chi connectivity index (χ1n) is 6.24. The van der Waals surface area contributed by atoms with Crippen LogP contribution >= 0.6 is 23.2 Å². The molecule has 0 aliphatic rings. The lowest BCUT2D eigenvalue weighted by Crippen LogP contribution is -2.30. The van der Waals surface area contributed by atoms with E-state index in [0.717, 1.165) is 0 Å². The van der Waals surface area contributed by atoms with Gasteiger partial charge in [0.05, 0.1) is 10.7 Å². The fourth-order valence-electron chi connectivity index (χ4n) is 1.67. The van der Waals surface area contributed by atoms with Crippen molar-refractivity contribution in [2.45, 2.75) is 13.0 Å². The first-order valence-corrected chi connectivity index (χ1v) is 6.99. The van der Waals surface area contributed by atoms with Crippen LogP contribution in [0.5, 0.6) is 5.75 Å². The zero-order valence-corrected chi connectivity index (χ0v) is 12.8. The summed E-state index contributed by atoms with van der Waals surface area (Å²) in [6.07, 6.45) is -0.707. The number of nitrogen functional groups attached to an aromatic ring is 1. The molecule has 1 atom stereocenters. The monoisotopic (exact) mass is 324 g/mol. The van der Waals surface area contributed by atoms with Crippen molar-refractivity contribution in [3.8, 4) is 5.75 Å². The number of nitrogens with one attached hydrogen (secondary N) is 1. The molecule has 0 spiro atoms. The topological polar surface area (TPSA) is 64.3 Å². The van der Waals surface area contributed by atoms with Crippen molar-refractivity contribution < 1.29 is 9.53 Å². The standard InChI is InChI=1S/C15H14Cl2N2O2/c1-9(21-12-4-2-3-11(18)8-12)15(20)19-14-7-10(16)5-6-13(14)17/h2-9H,18H2,1H3,(H,19,20). The Bertz CT molecular complexity index is 662. The van der Waals surface area contributed by atoms with Crippen molar-refractivity contribution in [2.24, 2.45) is 0 Å². The molecule has 0 radical (unpaired) electrons. The van der Waals surface area contributed by atoms with Gasteiger partial charge in [0.15, 0.2) is 6.10 Å². The molecule has 0 aliphatic carbocycles. The Labute approximate surface area is 132 Å². The minimum Gasteiger partial charge on any atom is -0.481 e. The van der Waals surface area contributed by atoms with Crippen molar-refractivity contribution in [3.05, 3.63) is 52.5 Å². The average molecular weight is 325 g/mol. The molecule has 6 heteroatoms. The third kappa shape index (κ3) is 4.28. The molecule has 4 nitrogen and oxygen atoms in total. The lowest BCUT2D eigenvalue weighted by atomic mass is 10.2. The molecule has 0 saturated carbocycles. The predicted octanol–water partition coefficient (Wildman–Crippen LogP) is 3.98. The van der Waals surface area contributed by atoms with Gasteiger partial charge in [0.1, 0.15) is 5.75 Å². The molecule has 0 heterocycles. The lowest BCUT2D eigenvalue weighted by Gasteiger charge is -2.15. The molecule has 21 heavy (non-hydrogen) atoms. The van der Waals surface area contributed by atoms with Crippen LogP contribution in [0, 0.1) is 0 Å². The van der Waals surface area contributed by atoms with Gasteiger partial charge in [-0.2, -0.15) is 0 Å². The summed E-state index contributed by atoms with van der Waals surface area (Å²) in [7, 11) is 0. The molecule has 0 aliphatic heterocycles. The van der Waals surface area contributed by atoms with Gasteiger partial charge in [-0.3, -0.25) is 4.79 Å². The normalized spacial score (nSPS) is 11.8. The van der Waals surface area contributed by atoms with Crippen molar-refractivity contribution in [1.82, 2.24) is 0 Å². The van der Waals surface area contributed by atoms with Crippen molar-refractivity contribution in [2.75, 3.05) is 11.1 Å². The molecule has 2 aromatic carbocycles. The second-order valence-electron chi connectivity index (χ2n) is 4.45. The summed E-state index contributed by atoms with van der Waals surface area (Å²) in [6, 6.07) is 11.7. The number of amides is 1. The number of halogens is 2. The van der Waals surface area contributed by atoms with E-state index in [2.05, 4.69) is 5.32 Å². The number of ether oxygens (including phenoxy) is 1. The molecular formula is C15H14Cl2N2O2. The largest absolute Gasteiger partial charge is 0.481 e. The van der Waals surface area contributed by atoms with E-state index in [1.807, 2.05) is 0 Å². The minimum atomic E-state index is -0.707. The molecule has 0 bridgehead atoms. The van der Waals surface area contributed by atoms with E-state index in [0.29, 0.717) is 27.2 Å². The van der Waals surface area contributed by atoms with Crippen molar-refractivity contribution in [1.29, 1.82) is 0 Å². The Morgan fingerprint density at radius 1 is 1.24 bits per heavy atom. The van der Waals surface area contributed by atoms with Crippen molar-refractivity contribution >= 4 is 40.5 Å². The summed E-state index contributed by atoms with van der Waals surface area (Å²) >= 11 is 11.9. The van der Waals surface area contributed by atoms with E-state index >= 15 is 0 Å². The number of anilines is 2. The molecule has 2 rings (SSSR count). The second-order valence-corrected chi connectivity index (χ2v) is 5.29. The number of carbonyl (C=O) groups is 1. The fourth-order valence-corrected chi connectivity index (χ4v) is 2.01. The van der Waals surface area contributed by atoms with Crippen LogP contribution in [-0.2, 0) is 4.79 Å². The van der Waals surface area contributed by atoms with Gasteiger partial charge in [-0.25, -0.2) is 0 Å². The van der Waals surface area contributed by atoms with Crippen LogP contribution < -0.4 is 15.8 Å². The predicted molar refractivity (Wildman–Crippen MR) is 86.0 cm³/mol. The van der Waals surface area contributed by atoms with Crippen LogP contribution in [0.15, 0.2) is 42.5 Å². The van der Waals surface area contributed by atoms with E-state index < -0.39 is 6.10 Å². The highest BCUT2D eigenvalue weighted by atomic mass is 35.5. The van der Waals surface area contributed by atoms with Crippen LogP contribution in [0.3, 0.4) is 0 Å². The van der Waals surface area contributed by atoms with E-state index in [9.17, 15) is 4.79 Å². The van der Waals surface area contributed by atoms with E-state index in [1.165, 1.54) is 0 Å². The molecular weight excluding hydrogens is 311 g/mol. The minimum absolute atomic E-state index is 0.332. The van der Waals surface area contributed by atoms with Crippen LogP contribution in [0.25, 0.3) is 0 Å². The number of hydrogen-bond acceptors (Lipinski definition) is 3. The summed E-state index contributed by atoms with van der Waals surface area (Å²) in [6.45, 7) is 1.64. The number of hydrogen-bond donors (Lipinski definition) is 2. The maximum Gasteiger partial charge on any atom is 0.265 e. The first kappa shape index (κ1) is 15.5. The van der Waals surface area contributed by atoms with Crippen molar-refractivity contribution in [3.63, 3.8) is 0 Å². The Morgan fingerprint density at radius 2 is 2.00 bits per heavy atom. The van der Waals surface area contributed by atoms with Gasteiger partial charge in [0.2, 0.25) is 0 Å². The zero-order chi connectivity index (χ0) is 15.4. The second kappa shape index (κ2) is 6.70. The number of rotatable bonds is 4. The van der Waals surface area contributed by atoms with Gasteiger partial charge in [-0.05, 0) is 37.3 Å². The third-order valence-corrected chi connectivity index (χ3v) is 3.29. The summed E-state index contributed by atoms with van der Waals surface area (Å²) in [5, 5.41) is 3.57. The molecule has 2 aromatic rings. The molecule has 110 valence electrons. The lowest BCUT2D eigenvalue weighted by molar-refractivity contribution is -0.122. The molecule has 0 fully saturated rings. The van der Waals surface area contributed by atoms with E-state index in [1.54, 1.807) is 49.4 Å². The van der Waals surface area contributed by atoms with Crippen LogP contribution in [0.2, 0.25) is 10.0 Å². The molecule has 3 N–H and O–H groups in total. The Balaban J connectivity index is 2.04. The average Bonchev–Trinajstić information content (AvgIpc) is 2.43. The Kier molecular flexibility index (Phi) is 4.94. The zero-order valence-electron chi connectivity index (χ0n) is 11.3. The highest BCUT2D eigenvalue weighted by Crippen LogP contribution is 2.25. The van der Waals surface area contributed by atoms with Crippen LogP contribution in [-0.4, -0.2) is 12.0 Å². The highest BCUT2D eigenvalue weighted by molar-refractivity contribution is 6.35. The van der Waals surface area contributed by atoms with Crippen LogP contribution in [0.1, 0.15) is 6.92 Å². The van der Waals surface area contributed by atoms with Gasteiger partial charge < -0.3 is 15.8 Å². The summed E-state index contributed by atoms with van der Waals surface area (Å²) in [5.74, 6) is 0.191. The highest BCUT2D eigenvalue weighted by Gasteiger charge is 2.16. The van der Waals surface area contributed by atoms with Gasteiger partial charge in [-0.15, -0.1) is 0 Å². The Morgan fingerprint density at radius 3 is 2.71 bits per heavy atom. The van der Waals surface area contributed by atoms with Crippen LogP contribution in [0.4, 0.5) is 11.4 Å². The smallest absolute Gasteiger partial charge is 0.265 e. The van der Waals surface area contributed by atoms with Gasteiger partial charge >= 0.3 is 0 Å². The fraction of sp³-hybridized carbons (Fsp3) is 0.133. The maximum absolute atomic E-state index is 12.1. The number of carbonyl (C=O) groups excluding carboxylic acids is 1. The molecule has 1 unspecified atom stereocenters. The third-order valence-electron chi connectivity index (χ3n) is 2.73. The maximum atomic E-state index is 12.1. The molecule has 1 amide bonds. The number of nitrogens with two attached hydrogens (primary N) is 1. The van der Waals surface area contributed by atoms with Gasteiger partial charge in [-0.1, -0.05) is 29.3 Å². The Hall–Kier alpha value is -1.91. The molecule has 0 aromatic heterocycles. The summed E-state index contributed by atoms with van der Waals surface area (Å²) in [5.41, 5.74) is 6.67. The first-order chi connectivity index (χ1) is 9.95. The van der Waals surface area contributed by atoms with Gasteiger partial charge in [0.25, 0.3) is 5.91 Å². The van der Waals surface area contributed by atoms with E-state index in [4.69, 9.17) is 33.7 Å².